The van der Waals surface area contributed by atoms with Gasteiger partial charge < -0.3 is 10.1 Å². The average Bonchev–Trinajstić information content (AvgIpc) is 2.89. The SMILES string of the molecule is COc1ccc([C@@H](C(=O)NC2CCCCC2)N(C(=O)c2ccccn2)c2ccc(C)c(F)c2)cc1. The van der Waals surface area contributed by atoms with Crippen LogP contribution in [-0.2, 0) is 4.79 Å². The number of pyridine rings is 1. The Kier molecular flexibility index (Phi) is 7.75. The Labute approximate surface area is 205 Å². The fourth-order valence-corrected chi connectivity index (χ4v) is 4.46. The van der Waals surface area contributed by atoms with Gasteiger partial charge in [0.15, 0.2) is 0 Å². The van der Waals surface area contributed by atoms with E-state index in [1.54, 1.807) is 68.6 Å². The van der Waals surface area contributed by atoms with Crippen molar-refractivity contribution in [2.75, 3.05) is 12.0 Å². The molecule has 2 amide bonds. The van der Waals surface area contributed by atoms with Crippen LogP contribution in [0.2, 0.25) is 0 Å². The molecule has 0 saturated heterocycles. The summed E-state index contributed by atoms with van der Waals surface area (Å²) in [5, 5.41) is 3.15. The number of benzene rings is 2. The minimum absolute atomic E-state index is 0.0403. The Morgan fingerprint density at radius 3 is 2.43 bits per heavy atom. The summed E-state index contributed by atoms with van der Waals surface area (Å²) in [5.41, 5.74) is 1.48. The molecular weight excluding hydrogens is 445 g/mol. The number of carbonyl (C=O) groups excluding carboxylic acids is 2. The third-order valence-corrected chi connectivity index (χ3v) is 6.43. The molecule has 1 aliphatic rings. The first kappa shape index (κ1) is 24.4. The summed E-state index contributed by atoms with van der Waals surface area (Å²) in [7, 11) is 1.56. The van der Waals surface area contributed by atoms with Gasteiger partial charge in [0.2, 0.25) is 5.91 Å². The summed E-state index contributed by atoms with van der Waals surface area (Å²) in [4.78, 5) is 33.2. The molecule has 1 aromatic heterocycles. The van der Waals surface area contributed by atoms with E-state index in [1.165, 1.54) is 17.2 Å². The number of nitrogens with zero attached hydrogens (tertiary/aromatic N) is 2. The Morgan fingerprint density at radius 2 is 1.80 bits per heavy atom. The van der Waals surface area contributed by atoms with Crippen molar-refractivity contribution in [1.82, 2.24) is 10.3 Å². The van der Waals surface area contributed by atoms with Gasteiger partial charge in [-0.15, -0.1) is 0 Å². The monoisotopic (exact) mass is 475 g/mol. The second kappa shape index (κ2) is 11.1. The lowest BCUT2D eigenvalue weighted by Crippen LogP contribution is -2.47. The number of aromatic nitrogens is 1. The van der Waals surface area contributed by atoms with Gasteiger partial charge in [0, 0.05) is 17.9 Å². The zero-order chi connectivity index (χ0) is 24.8. The predicted octanol–water partition coefficient (Wildman–Crippen LogP) is 5.37. The number of aryl methyl sites for hydroxylation is 1. The van der Waals surface area contributed by atoms with Gasteiger partial charge in [-0.3, -0.25) is 19.5 Å². The number of amides is 2. The molecule has 1 N–H and O–H groups in total. The molecule has 6 nitrogen and oxygen atoms in total. The average molecular weight is 476 g/mol. The van der Waals surface area contributed by atoms with Crippen LogP contribution in [0.5, 0.6) is 5.75 Å². The number of methoxy groups -OCH3 is 1. The molecule has 4 rings (SSSR count). The third kappa shape index (κ3) is 5.67. The highest BCUT2D eigenvalue weighted by Gasteiger charge is 2.35. The molecular formula is C28H30FN3O3. The Hall–Kier alpha value is -3.74. The van der Waals surface area contributed by atoms with Gasteiger partial charge in [0.1, 0.15) is 23.3 Å². The molecule has 1 fully saturated rings. The van der Waals surface area contributed by atoms with Gasteiger partial charge >= 0.3 is 0 Å². The van der Waals surface area contributed by atoms with Crippen molar-refractivity contribution in [3.63, 3.8) is 0 Å². The number of rotatable bonds is 7. The van der Waals surface area contributed by atoms with Crippen molar-refractivity contribution in [3.05, 3.63) is 89.5 Å². The van der Waals surface area contributed by atoms with Crippen LogP contribution in [0.4, 0.5) is 10.1 Å². The van der Waals surface area contributed by atoms with Crippen LogP contribution in [-0.4, -0.2) is 29.9 Å². The molecule has 0 aliphatic heterocycles. The first-order valence-corrected chi connectivity index (χ1v) is 11.9. The molecule has 7 heteroatoms. The number of hydrogen-bond acceptors (Lipinski definition) is 4. The minimum Gasteiger partial charge on any atom is -0.497 e. The topological polar surface area (TPSA) is 71.5 Å². The molecule has 35 heavy (non-hydrogen) atoms. The lowest BCUT2D eigenvalue weighted by atomic mass is 9.94. The fraction of sp³-hybridized carbons (Fsp3) is 0.321. The molecule has 3 aromatic rings. The predicted molar refractivity (Wildman–Crippen MR) is 133 cm³/mol. The minimum atomic E-state index is -1.03. The molecule has 1 atom stereocenters. The van der Waals surface area contributed by atoms with Gasteiger partial charge in [-0.1, -0.05) is 43.5 Å². The van der Waals surface area contributed by atoms with Crippen molar-refractivity contribution in [3.8, 4) is 5.75 Å². The highest BCUT2D eigenvalue weighted by atomic mass is 19.1. The van der Waals surface area contributed by atoms with E-state index in [1.807, 2.05) is 0 Å². The highest BCUT2D eigenvalue weighted by Crippen LogP contribution is 2.32. The van der Waals surface area contributed by atoms with Crippen LogP contribution in [0.1, 0.15) is 59.8 Å². The van der Waals surface area contributed by atoms with E-state index >= 15 is 0 Å². The summed E-state index contributed by atoms with van der Waals surface area (Å²) >= 11 is 0. The summed E-state index contributed by atoms with van der Waals surface area (Å²) in [6.45, 7) is 1.65. The first-order chi connectivity index (χ1) is 17.0. The van der Waals surface area contributed by atoms with Crippen molar-refractivity contribution in [2.45, 2.75) is 51.1 Å². The molecule has 1 aliphatic carbocycles. The van der Waals surface area contributed by atoms with Crippen molar-refractivity contribution in [2.24, 2.45) is 0 Å². The standard InChI is InChI=1S/C28H30FN3O3/c1-19-11-14-22(18-24(19)29)32(28(34)25-10-6-7-17-30-25)26(20-12-15-23(35-2)16-13-20)27(33)31-21-8-4-3-5-9-21/h6-7,10-18,21,26H,3-5,8-9H2,1-2H3,(H,31,33)/t26-/m0/s1. The van der Waals surface area contributed by atoms with Crippen molar-refractivity contribution in [1.29, 1.82) is 0 Å². The molecule has 0 spiro atoms. The number of carbonyl (C=O) groups is 2. The second-order valence-electron chi connectivity index (χ2n) is 8.84. The van der Waals surface area contributed by atoms with Crippen LogP contribution < -0.4 is 15.0 Å². The molecule has 0 unspecified atom stereocenters. The molecule has 182 valence electrons. The fourth-order valence-electron chi connectivity index (χ4n) is 4.46. The Balaban J connectivity index is 1.82. The number of halogens is 1. The maximum Gasteiger partial charge on any atom is 0.277 e. The van der Waals surface area contributed by atoms with E-state index in [0.717, 1.165) is 32.1 Å². The molecule has 2 aromatic carbocycles. The second-order valence-corrected chi connectivity index (χ2v) is 8.84. The largest absolute Gasteiger partial charge is 0.497 e. The van der Waals surface area contributed by atoms with E-state index in [4.69, 9.17) is 4.74 Å². The van der Waals surface area contributed by atoms with Gasteiger partial charge in [-0.05, 0) is 67.3 Å². The normalized spacial score (nSPS) is 14.7. The first-order valence-electron chi connectivity index (χ1n) is 11.9. The summed E-state index contributed by atoms with van der Waals surface area (Å²) in [6, 6.07) is 15.6. The molecule has 1 heterocycles. The van der Waals surface area contributed by atoms with Gasteiger partial charge in [-0.2, -0.15) is 0 Å². The number of nitrogens with one attached hydrogen (secondary N) is 1. The van der Waals surface area contributed by atoms with Crippen molar-refractivity contribution < 1.29 is 18.7 Å². The quantitative estimate of drug-likeness (QED) is 0.498. The van der Waals surface area contributed by atoms with Gasteiger partial charge in [0.25, 0.3) is 5.91 Å². The van der Waals surface area contributed by atoms with E-state index in [9.17, 15) is 14.0 Å². The summed E-state index contributed by atoms with van der Waals surface area (Å²) < 4.78 is 20.0. The zero-order valence-corrected chi connectivity index (χ0v) is 20.0. The van der Waals surface area contributed by atoms with E-state index < -0.39 is 17.8 Å². The summed E-state index contributed by atoms with van der Waals surface area (Å²) in [6.07, 6.45) is 6.57. The van der Waals surface area contributed by atoms with Crippen LogP contribution in [0, 0.1) is 12.7 Å². The van der Waals surface area contributed by atoms with Crippen LogP contribution in [0.3, 0.4) is 0 Å². The number of hydrogen-bond donors (Lipinski definition) is 1. The zero-order valence-electron chi connectivity index (χ0n) is 20.0. The number of ether oxygens (including phenoxy) is 1. The third-order valence-electron chi connectivity index (χ3n) is 6.43. The molecule has 0 bridgehead atoms. The van der Waals surface area contributed by atoms with E-state index in [0.29, 0.717) is 16.9 Å². The maximum atomic E-state index is 14.7. The number of anilines is 1. The lowest BCUT2D eigenvalue weighted by molar-refractivity contribution is -0.123. The van der Waals surface area contributed by atoms with Crippen LogP contribution in [0.25, 0.3) is 0 Å². The smallest absolute Gasteiger partial charge is 0.277 e. The highest BCUT2D eigenvalue weighted by molar-refractivity contribution is 6.09. The summed E-state index contributed by atoms with van der Waals surface area (Å²) in [5.74, 6) is -0.632. The Bertz CT molecular complexity index is 1160. The van der Waals surface area contributed by atoms with E-state index in [-0.39, 0.29) is 23.3 Å². The maximum absolute atomic E-state index is 14.7. The Morgan fingerprint density at radius 1 is 1.06 bits per heavy atom. The van der Waals surface area contributed by atoms with Gasteiger partial charge in [-0.25, -0.2) is 4.39 Å². The van der Waals surface area contributed by atoms with Crippen molar-refractivity contribution >= 4 is 17.5 Å². The molecule has 1 saturated carbocycles. The van der Waals surface area contributed by atoms with Crippen LogP contribution >= 0.6 is 0 Å². The molecule has 0 radical (unpaired) electrons. The lowest BCUT2D eigenvalue weighted by Gasteiger charge is -2.33. The van der Waals surface area contributed by atoms with Crippen LogP contribution in [0.15, 0.2) is 66.9 Å². The van der Waals surface area contributed by atoms with Gasteiger partial charge in [0.05, 0.1) is 7.11 Å². The van der Waals surface area contributed by atoms with E-state index in [2.05, 4.69) is 10.3 Å².